The normalized spacial score (nSPS) is 23.7. The van der Waals surface area contributed by atoms with Gasteiger partial charge in [0.25, 0.3) is 5.69 Å². The molecule has 0 aromatic heterocycles. The van der Waals surface area contributed by atoms with Crippen molar-refractivity contribution in [3.8, 4) is 0 Å². The predicted octanol–water partition coefficient (Wildman–Crippen LogP) is 0.226. The number of carbonyl (C=O) groups excluding carboxylic acids is 1. The third kappa shape index (κ3) is 4.61. The molecule has 2 aliphatic rings. The number of sulfonamides is 1. The molecule has 0 radical (unpaired) electrons. The van der Waals surface area contributed by atoms with E-state index in [0.717, 1.165) is 0 Å². The summed E-state index contributed by atoms with van der Waals surface area (Å²) >= 11 is 0. The van der Waals surface area contributed by atoms with Crippen molar-refractivity contribution in [2.75, 3.05) is 39.3 Å². The number of nitrogens with one attached hydrogen (secondary N) is 1. The quantitative estimate of drug-likeness (QED) is 0.531. The van der Waals surface area contributed by atoms with Gasteiger partial charge in [-0.25, -0.2) is 8.42 Å². The Kier molecular flexibility index (Phi) is 7.34. The number of non-ortho nitro benzene ring substituents is 1. The molecule has 156 valence electrons. The zero-order valence-electron chi connectivity index (χ0n) is 15.3. The van der Waals surface area contributed by atoms with E-state index < -0.39 is 21.0 Å². The fourth-order valence-corrected chi connectivity index (χ4v) is 4.67. The van der Waals surface area contributed by atoms with E-state index in [4.69, 9.17) is 4.74 Å². The van der Waals surface area contributed by atoms with Crippen LogP contribution < -0.4 is 5.32 Å². The summed E-state index contributed by atoms with van der Waals surface area (Å²) < 4.78 is 32.2. The maximum Gasteiger partial charge on any atom is 0.269 e. The van der Waals surface area contributed by atoms with E-state index in [1.165, 1.54) is 28.6 Å². The van der Waals surface area contributed by atoms with Crippen LogP contribution in [0.2, 0.25) is 0 Å². The van der Waals surface area contributed by atoms with Gasteiger partial charge in [0.05, 0.1) is 22.5 Å². The van der Waals surface area contributed by atoms with Gasteiger partial charge >= 0.3 is 0 Å². The van der Waals surface area contributed by atoms with Crippen LogP contribution in [-0.4, -0.2) is 79.9 Å². The van der Waals surface area contributed by atoms with E-state index in [1.54, 1.807) is 4.90 Å². The Labute approximate surface area is 169 Å². The second kappa shape index (κ2) is 9.14. The monoisotopic (exact) mass is 434 g/mol. The van der Waals surface area contributed by atoms with Crippen molar-refractivity contribution < 1.29 is 22.9 Å². The number of piperazine rings is 1. The van der Waals surface area contributed by atoms with Crippen molar-refractivity contribution in [1.82, 2.24) is 14.5 Å². The van der Waals surface area contributed by atoms with Gasteiger partial charge in [0, 0.05) is 44.9 Å². The van der Waals surface area contributed by atoms with Crippen molar-refractivity contribution in [2.24, 2.45) is 0 Å². The molecule has 0 saturated carbocycles. The Morgan fingerprint density at radius 2 is 1.82 bits per heavy atom. The number of hydrogen-bond donors (Lipinski definition) is 1. The highest BCUT2D eigenvalue weighted by Crippen LogP contribution is 2.21. The number of nitro groups is 1. The molecule has 2 heterocycles. The molecule has 28 heavy (non-hydrogen) atoms. The fraction of sp³-hybridized carbons (Fsp3) is 0.562. The third-order valence-electron chi connectivity index (χ3n) is 4.82. The molecule has 2 atom stereocenters. The number of hydrogen-bond acceptors (Lipinski definition) is 7. The Morgan fingerprint density at radius 1 is 1.21 bits per heavy atom. The minimum atomic E-state index is -3.76. The average molecular weight is 435 g/mol. The zero-order chi connectivity index (χ0) is 19.6. The Bertz CT molecular complexity index is 811. The topological polar surface area (TPSA) is 122 Å². The molecule has 2 fully saturated rings. The summed E-state index contributed by atoms with van der Waals surface area (Å²) in [5.74, 6) is -0.0883. The molecule has 12 heteroatoms. The number of ether oxygens (including phenoxy) is 1. The molecule has 0 unspecified atom stereocenters. The van der Waals surface area contributed by atoms with E-state index >= 15 is 0 Å². The van der Waals surface area contributed by atoms with Gasteiger partial charge in [0.15, 0.2) is 0 Å². The van der Waals surface area contributed by atoms with Crippen LogP contribution in [0.15, 0.2) is 29.2 Å². The standard InChI is InChI=1S/C16H22N4O6S.ClH/c1-12-15(17-6-11-26-12)16(21)18-7-9-19(10-8-18)27(24,25)14-4-2-13(3-5-14)20(22)23;/h2-5,12,15,17H,6-11H2,1H3;1H/t12-,15+;/m1./s1. The molecule has 1 N–H and O–H groups in total. The number of halogens is 1. The van der Waals surface area contributed by atoms with E-state index in [0.29, 0.717) is 13.2 Å². The number of benzene rings is 1. The first kappa shape index (κ1) is 22.5. The lowest BCUT2D eigenvalue weighted by Gasteiger charge is -2.38. The first-order valence-corrected chi connectivity index (χ1v) is 10.1. The Hall–Kier alpha value is -1.79. The molecule has 3 rings (SSSR count). The lowest BCUT2D eigenvalue weighted by Crippen LogP contribution is -2.60. The molecule has 0 aliphatic carbocycles. The van der Waals surface area contributed by atoms with Gasteiger partial charge in [-0.2, -0.15) is 4.31 Å². The Balaban J connectivity index is 0.00000280. The van der Waals surface area contributed by atoms with E-state index in [2.05, 4.69) is 5.32 Å². The van der Waals surface area contributed by atoms with Gasteiger partial charge in [-0.3, -0.25) is 14.9 Å². The average Bonchev–Trinajstić information content (AvgIpc) is 2.68. The smallest absolute Gasteiger partial charge is 0.269 e. The van der Waals surface area contributed by atoms with Crippen LogP contribution in [0.3, 0.4) is 0 Å². The summed E-state index contributed by atoms with van der Waals surface area (Å²) in [5, 5.41) is 13.9. The Morgan fingerprint density at radius 3 is 2.36 bits per heavy atom. The van der Waals surface area contributed by atoms with Crippen molar-refractivity contribution in [3.05, 3.63) is 34.4 Å². The van der Waals surface area contributed by atoms with Crippen LogP contribution in [0.1, 0.15) is 6.92 Å². The number of nitro benzene ring substituents is 1. The number of nitrogens with zero attached hydrogens (tertiary/aromatic N) is 3. The highest BCUT2D eigenvalue weighted by molar-refractivity contribution is 7.89. The summed E-state index contributed by atoms with van der Waals surface area (Å²) in [4.78, 5) is 24.4. The zero-order valence-corrected chi connectivity index (χ0v) is 16.9. The van der Waals surface area contributed by atoms with Gasteiger partial charge in [-0.05, 0) is 19.1 Å². The van der Waals surface area contributed by atoms with Crippen molar-refractivity contribution in [1.29, 1.82) is 0 Å². The van der Waals surface area contributed by atoms with Crippen LogP contribution in [0, 0.1) is 10.1 Å². The summed E-state index contributed by atoms with van der Waals surface area (Å²) in [6, 6.07) is 4.38. The molecule has 1 aromatic rings. The van der Waals surface area contributed by atoms with Gasteiger partial charge in [-0.15, -0.1) is 12.4 Å². The van der Waals surface area contributed by atoms with Gasteiger partial charge in [-0.1, -0.05) is 0 Å². The minimum Gasteiger partial charge on any atom is -0.375 e. The summed E-state index contributed by atoms with van der Waals surface area (Å²) in [6.45, 7) is 3.93. The first-order chi connectivity index (χ1) is 12.8. The van der Waals surface area contributed by atoms with Crippen LogP contribution in [0.25, 0.3) is 0 Å². The first-order valence-electron chi connectivity index (χ1n) is 8.69. The molecule has 1 aromatic carbocycles. The predicted molar refractivity (Wildman–Crippen MR) is 103 cm³/mol. The van der Waals surface area contributed by atoms with Crippen molar-refractivity contribution >= 4 is 34.0 Å². The minimum absolute atomic E-state index is 0. The number of amides is 1. The van der Waals surface area contributed by atoms with Crippen molar-refractivity contribution in [3.63, 3.8) is 0 Å². The van der Waals surface area contributed by atoms with Gasteiger partial charge < -0.3 is 15.0 Å². The second-order valence-electron chi connectivity index (χ2n) is 6.49. The van der Waals surface area contributed by atoms with E-state index in [-0.39, 0.29) is 61.2 Å². The van der Waals surface area contributed by atoms with Gasteiger partial charge in [0.1, 0.15) is 6.04 Å². The summed E-state index contributed by atoms with van der Waals surface area (Å²) in [5.41, 5.74) is -0.166. The molecule has 2 saturated heterocycles. The largest absolute Gasteiger partial charge is 0.375 e. The third-order valence-corrected chi connectivity index (χ3v) is 6.73. The lowest BCUT2D eigenvalue weighted by molar-refractivity contribution is -0.384. The maximum absolute atomic E-state index is 12.7. The highest BCUT2D eigenvalue weighted by Gasteiger charge is 2.35. The molecule has 0 bridgehead atoms. The summed E-state index contributed by atoms with van der Waals surface area (Å²) in [7, 11) is -3.76. The van der Waals surface area contributed by atoms with E-state index in [1.807, 2.05) is 6.92 Å². The summed E-state index contributed by atoms with van der Waals surface area (Å²) in [6.07, 6.45) is -0.229. The molecule has 1 amide bonds. The molecule has 2 aliphatic heterocycles. The van der Waals surface area contributed by atoms with Crippen molar-refractivity contribution in [2.45, 2.75) is 24.0 Å². The molecule has 0 spiro atoms. The van der Waals surface area contributed by atoms with Crippen LogP contribution in [0.5, 0.6) is 0 Å². The van der Waals surface area contributed by atoms with Crippen LogP contribution in [-0.2, 0) is 19.6 Å². The van der Waals surface area contributed by atoms with E-state index in [9.17, 15) is 23.3 Å². The molecule has 10 nitrogen and oxygen atoms in total. The lowest BCUT2D eigenvalue weighted by atomic mass is 10.1. The highest BCUT2D eigenvalue weighted by atomic mass is 35.5. The second-order valence-corrected chi connectivity index (χ2v) is 8.43. The fourth-order valence-electron chi connectivity index (χ4n) is 3.24. The number of rotatable bonds is 4. The molecular formula is C16H23ClN4O6S. The maximum atomic E-state index is 12.7. The van der Waals surface area contributed by atoms with Crippen LogP contribution in [0.4, 0.5) is 5.69 Å². The van der Waals surface area contributed by atoms with Gasteiger partial charge in [0.2, 0.25) is 15.9 Å². The van der Waals surface area contributed by atoms with Crippen LogP contribution >= 0.6 is 12.4 Å². The SMILES string of the molecule is C[C@H]1OCCN[C@@H]1C(=O)N1CCN(S(=O)(=O)c2ccc([N+](=O)[O-])cc2)CC1.Cl. The molecular weight excluding hydrogens is 412 g/mol. The number of morpholine rings is 1. The number of carbonyl (C=O) groups is 1.